The Kier molecular flexibility index (Phi) is 6.27. The largest absolute Gasteiger partial charge is 0.505 e. The number of methoxy groups -OCH3 is 1. The average molecular weight is 421 g/mol. The van der Waals surface area contributed by atoms with E-state index in [0.717, 1.165) is 10.0 Å². The maximum atomic E-state index is 9.57. The van der Waals surface area contributed by atoms with Crippen molar-refractivity contribution in [3.8, 4) is 17.2 Å². The molecular formula is C16H16BrCl2NO3. The summed E-state index contributed by atoms with van der Waals surface area (Å²) in [6, 6.07) is 7.07. The molecule has 0 unspecified atom stereocenters. The Bertz CT molecular complexity index is 687. The summed E-state index contributed by atoms with van der Waals surface area (Å²) >= 11 is 15.3. The van der Waals surface area contributed by atoms with Gasteiger partial charge in [-0.05, 0) is 52.7 Å². The summed E-state index contributed by atoms with van der Waals surface area (Å²) in [4.78, 5) is 0. The summed E-state index contributed by atoms with van der Waals surface area (Å²) in [6.45, 7) is 3.00. The van der Waals surface area contributed by atoms with Crippen LogP contribution in [0.3, 0.4) is 0 Å². The van der Waals surface area contributed by atoms with Crippen molar-refractivity contribution in [3.63, 3.8) is 0 Å². The normalized spacial score (nSPS) is 10.5. The molecule has 0 aliphatic carbocycles. The van der Waals surface area contributed by atoms with Crippen LogP contribution in [-0.2, 0) is 6.54 Å². The highest BCUT2D eigenvalue weighted by Crippen LogP contribution is 2.37. The maximum Gasteiger partial charge on any atom is 0.175 e. The smallest absolute Gasteiger partial charge is 0.175 e. The lowest BCUT2D eigenvalue weighted by Crippen LogP contribution is -2.02. The van der Waals surface area contributed by atoms with Crippen LogP contribution in [0.1, 0.15) is 12.5 Å². The van der Waals surface area contributed by atoms with Crippen LogP contribution in [0.25, 0.3) is 0 Å². The van der Waals surface area contributed by atoms with Crippen LogP contribution in [0.15, 0.2) is 28.7 Å². The summed E-state index contributed by atoms with van der Waals surface area (Å²) in [5.74, 6) is 1.21. The molecule has 0 amide bonds. The van der Waals surface area contributed by atoms with Gasteiger partial charge in [-0.2, -0.15) is 0 Å². The Morgan fingerprint density at radius 2 is 1.83 bits per heavy atom. The lowest BCUT2D eigenvalue weighted by Gasteiger charge is -2.14. The molecule has 0 fully saturated rings. The summed E-state index contributed by atoms with van der Waals surface area (Å²) in [7, 11) is 1.60. The monoisotopic (exact) mass is 419 g/mol. The zero-order valence-corrected chi connectivity index (χ0v) is 15.7. The van der Waals surface area contributed by atoms with Gasteiger partial charge in [0.25, 0.3) is 0 Å². The number of ether oxygens (including phenoxy) is 2. The van der Waals surface area contributed by atoms with Crippen molar-refractivity contribution in [2.75, 3.05) is 19.0 Å². The molecule has 0 radical (unpaired) electrons. The van der Waals surface area contributed by atoms with Crippen molar-refractivity contribution in [2.24, 2.45) is 0 Å². The van der Waals surface area contributed by atoms with Gasteiger partial charge in [-0.25, -0.2) is 0 Å². The molecule has 124 valence electrons. The van der Waals surface area contributed by atoms with E-state index in [2.05, 4.69) is 21.2 Å². The van der Waals surface area contributed by atoms with E-state index >= 15 is 0 Å². The molecule has 2 aromatic carbocycles. The molecule has 7 heteroatoms. The second-order valence-electron chi connectivity index (χ2n) is 4.68. The number of hydrogen-bond acceptors (Lipinski definition) is 4. The SMILES string of the molecule is CCOc1c(Br)cc(CNc2cc(Cl)c(O)c(Cl)c2)cc1OC. The van der Waals surface area contributed by atoms with E-state index in [4.69, 9.17) is 32.7 Å². The Balaban J connectivity index is 2.19. The minimum atomic E-state index is -0.121. The third-order valence-corrected chi connectivity index (χ3v) is 4.26. The van der Waals surface area contributed by atoms with Gasteiger partial charge in [-0.3, -0.25) is 0 Å². The topological polar surface area (TPSA) is 50.7 Å². The summed E-state index contributed by atoms with van der Waals surface area (Å²) < 4.78 is 11.8. The minimum absolute atomic E-state index is 0.121. The Labute approximate surface area is 153 Å². The lowest BCUT2D eigenvalue weighted by molar-refractivity contribution is 0.308. The van der Waals surface area contributed by atoms with Gasteiger partial charge in [0.15, 0.2) is 17.2 Å². The molecule has 0 aromatic heterocycles. The number of hydrogen-bond donors (Lipinski definition) is 2. The number of aromatic hydroxyl groups is 1. The van der Waals surface area contributed by atoms with Gasteiger partial charge in [0, 0.05) is 12.2 Å². The van der Waals surface area contributed by atoms with Crippen molar-refractivity contribution in [1.82, 2.24) is 0 Å². The predicted molar refractivity (Wildman–Crippen MR) is 97.3 cm³/mol. The fraction of sp³-hybridized carbons (Fsp3) is 0.250. The number of anilines is 1. The van der Waals surface area contributed by atoms with Gasteiger partial charge >= 0.3 is 0 Å². The molecule has 0 spiro atoms. The first-order valence-corrected chi connectivity index (χ1v) is 8.42. The second kappa shape index (κ2) is 7.99. The highest BCUT2D eigenvalue weighted by Gasteiger charge is 2.12. The first kappa shape index (κ1) is 18.0. The Morgan fingerprint density at radius 1 is 1.17 bits per heavy atom. The third kappa shape index (κ3) is 4.37. The summed E-state index contributed by atoms with van der Waals surface area (Å²) in [6.07, 6.45) is 0. The number of phenolic OH excluding ortho intramolecular Hbond substituents is 1. The first-order valence-electron chi connectivity index (χ1n) is 6.87. The van der Waals surface area contributed by atoms with E-state index < -0.39 is 0 Å². The Hall–Kier alpha value is -1.30. The number of halogens is 3. The molecule has 0 saturated carbocycles. The number of nitrogens with one attached hydrogen (secondary N) is 1. The van der Waals surface area contributed by atoms with Gasteiger partial charge in [-0.1, -0.05) is 23.2 Å². The first-order chi connectivity index (χ1) is 11.0. The fourth-order valence-electron chi connectivity index (χ4n) is 2.03. The van der Waals surface area contributed by atoms with E-state index in [1.165, 1.54) is 0 Å². The third-order valence-electron chi connectivity index (χ3n) is 3.09. The molecule has 2 rings (SSSR count). The lowest BCUT2D eigenvalue weighted by atomic mass is 10.2. The number of rotatable bonds is 6. The van der Waals surface area contributed by atoms with Crippen molar-refractivity contribution in [1.29, 1.82) is 0 Å². The van der Waals surface area contributed by atoms with E-state index in [9.17, 15) is 5.11 Å². The van der Waals surface area contributed by atoms with Gasteiger partial charge in [0.05, 0.1) is 28.2 Å². The highest BCUT2D eigenvalue weighted by atomic mass is 79.9. The molecule has 0 saturated heterocycles. The van der Waals surface area contributed by atoms with Crippen LogP contribution < -0.4 is 14.8 Å². The van der Waals surface area contributed by atoms with E-state index in [0.29, 0.717) is 30.3 Å². The highest BCUT2D eigenvalue weighted by molar-refractivity contribution is 9.10. The van der Waals surface area contributed by atoms with Crippen LogP contribution in [0.5, 0.6) is 17.2 Å². The number of phenols is 1. The molecule has 0 atom stereocenters. The number of benzene rings is 2. The zero-order chi connectivity index (χ0) is 17.0. The van der Waals surface area contributed by atoms with Gasteiger partial charge < -0.3 is 19.9 Å². The van der Waals surface area contributed by atoms with Gasteiger partial charge in [0.2, 0.25) is 0 Å². The van der Waals surface area contributed by atoms with Crippen LogP contribution in [0, 0.1) is 0 Å². The van der Waals surface area contributed by atoms with Crippen molar-refractivity contribution >= 4 is 44.8 Å². The van der Waals surface area contributed by atoms with Gasteiger partial charge in [0.1, 0.15) is 0 Å². The Morgan fingerprint density at radius 3 is 2.39 bits per heavy atom. The summed E-state index contributed by atoms with van der Waals surface area (Å²) in [5.41, 5.74) is 1.69. The van der Waals surface area contributed by atoms with Crippen LogP contribution in [0.2, 0.25) is 10.0 Å². The molecule has 4 nitrogen and oxygen atoms in total. The zero-order valence-electron chi connectivity index (χ0n) is 12.6. The fourth-order valence-corrected chi connectivity index (χ4v) is 3.12. The maximum absolute atomic E-state index is 9.57. The standard InChI is InChI=1S/C16H16BrCl2NO3/c1-3-23-16-11(17)4-9(5-14(16)22-2)8-20-10-6-12(18)15(21)13(19)7-10/h4-7,20-21H,3,8H2,1-2H3. The quantitative estimate of drug-likeness (QED) is 0.607. The van der Waals surface area contributed by atoms with E-state index in [1.807, 2.05) is 19.1 Å². The van der Waals surface area contributed by atoms with Gasteiger partial charge in [-0.15, -0.1) is 0 Å². The van der Waals surface area contributed by atoms with E-state index in [-0.39, 0.29) is 15.8 Å². The van der Waals surface area contributed by atoms with Crippen LogP contribution >= 0.6 is 39.1 Å². The summed E-state index contributed by atoms with van der Waals surface area (Å²) in [5, 5.41) is 13.2. The molecule has 0 aliphatic heterocycles. The van der Waals surface area contributed by atoms with E-state index in [1.54, 1.807) is 19.2 Å². The van der Waals surface area contributed by atoms with Crippen LogP contribution in [0.4, 0.5) is 5.69 Å². The minimum Gasteiger partial charge on any atom is -0.505 e. The van der Waals surface area contributed by atoms with Crippen molar-refractivity contribution in [3.05, 3.63) is 44.3 Å². The molecule has 2 N–H and O–H groups in total. The van der Waals surface area contributed by atoms with Crippen molar-refractivity contribution in [2.45, 2.75) is 13.5 Å². The molecule has 0 heterocycles. The van der Waals surface area contributed by atoms with Crippen molar-refractivity contribution < 1.29 is 14.6 Å². The average Bonchev–Trinajstić information content (AvgIpc) is 2.52. The second-order valence-corrected chi connectivity index (χ2v) is 6.35. The molecule has 2 aromatic rings. The molecular weight excluding hydrogens is 405 g/mol. The predicted octanol–water partition coefficient (Wildman–Crippen LogP) is 5.48. The van der Waals surface area contributed by atoms with Crippen LogP contribution in [-0.4, -0.2) is 18.8 Å². The molecule has 23 heavy (non-hydrogen) atoms. The molecule has 0 aliphatic rings. The molecule has 0 bridgehead atoms.